The van der Waals surface area contributed by atoms with E-state index in [0.29, 0.717) is 25.1 Å². The number of rotatable bonds is 14. The van der Waals surface area contributed by atoms with E-state index in [1.807, 2.05) is 0 Å². The van der Waals surface area contributed by atoms with Gasteiger partial charge in [0.1, 0.15) is 0 Å². The Morgan fingerprint density at radius 1 is 0.870 bits per heavy atom. The Morgan fingerprint density at radius 3 is 1.96 bits per heavy atom. The molecule has 0 aliphatic rings. The molecule has 0 saturated carbocycles. The maximum absolute atomic E-state index is 8.69. The molecule has 0 radical (unpaired) electrons. The third kappa shape index (κ3) is 11.9. The van der Waals surface area contributed by atoms with E-state index in [2.05, 4.69) is 52.3 Å². The lowest BCUT2D eigenvalue weighted by Crippen LogP contribution is -2.33. The molecule has 23 heavy (non-hydrogen) atoms. The Balaban J connectivity index is 4.18. The highest BCUT2D eigenvalue weighted by Crippen LogP contribution is 2.46. The Morgan fingerprint density at radius 2 is 1.43 bits per heavy atom. The minimum absolute atomic E-state index is 0.370. The summed E-state index contributed by atoms with van der Waals surface area (Å²) in [7, 11) is -1.07. The van der Waals surface area contributed by atoms with E-state index < -0.39 is 8.53 Å². The Bertz CT molecular complexity index is 309. The van der Waals surface area contributed by atoms with Crippen LogP contribution in [0.3, 0.4) is 0 Å². The van der Waals surface area contributed by atoms with Crippen LogP contribution in [0.2, 0.25) is 0 Å². The van der Waals surface area contributed by atoms with Gasteiger partial charge in [-0.05, 0) is 40.0 Å². The van der Waals surface area contributed by atoms with Gasteiger partial charge in [0.15, 0.2) is 0 Å². The van der Waals surface area contributed by atoms with Crippen LogP contribution in [0.15, 0.2) is 0 Å². The maximum Gasteiger partial charge on any atom is 0.259 e. The van der Waals surface area contributed by atoms with Gasteiger partial charge in [-0.25, -0.2) is 4.67 Å². The van der Waals surface area contributed by atoms with Crippen LogP contribution in [0.5, 0.6) is 0 Å². The van der Waals surface area contributed by atoms with E-state index in [9.17, 15) is 0 Å². The van der Waals surface area contributed by atoms with Gasteiger partial charge in [-0.3, -0.25) is 0 Å². The summed E-state index contributed by atoms with van der Waals surface area (Å²) in [6.45, 7) is 14.4. The smallest absolute Gasteiger partial charge is 0.259 e. The minimum Gasteiger partial charge on any atom is -0.322 e. The van der Waals surface area contributed by atoms with E-state index in [1.54, 1.807) is 0 Å². The number of nitriles is 1. The monoisotopic (exact) mass is 344 g/mol. The molecule has 0 amide bonds. The zero-order valence-corrected chi connectivity index (χ0v) is 16.9. The summed E-state index contributed by atoms with van der Waals surface area (Å²) in [5.41, 5.74) is 0. The second kappa shape index (κ2) is 14.2. The zero-order valence-electron chi connectivity index (χ0n) is 16.0. The van der Waals surface area contributed by atoms with Gasteiger partial charge in [0, 0.05) is 12.1 Å². The molecule has 0 fully saturated rings. The molecular formula is C18H37N2O2P. The molecule has 5 heteroatoms. The molecule has 0 bridgehead atoms. The van der Waals surface area contributed by atoms with Gasteiger partial charge in [-0.2, -0.15) is 5.26 Å². The van der Waals surface area contributed by atoms with Crippen LogP contribution in [-0.4, -0.2) is 30.0 Å². The fraction of sp³-hybridized carbons (Fsp3) is 0.944. The van der Waals surface area contributed by atoms with Gasteiger partial charge >= 0.3 is 0 Å². The van der Waals surface area contributed by atoms with Crippen LogP contribution in [0, 0.1) is 17.2 Å². The molecule has 0 rings (SSSR count). The van der Waals surface area contributed by atoms with Crippen molar-refractivity contribution in [2.75, 3.05) is 13.2 Å². The van der Waals surface area contributed by atoms with Crippen LogP contribution in [0.4, 0.5) is 0 Å². The molecule has 136 valence electrons. The summed E-state index contributed by atoms with van der Waals surface area (Å²) in [4.78, 5) is 0. The van der Waals surface area contributed by atoms with E-state index in [1.165, 1.54) is 25.7 Å². The van der Waals surface area contributed by atoms with Crippen LogP contribution < -0.4 is 0 Å². The number of hydrogen-bond donors (Lipinski definition) is 0. The molecule has 0 aromatic rings. The molecule has 0 aliphatic carbocycles. The highest BCUT2D eigenvalue weighted by Gasteiger charge is 2.26. The van der Waals surface area contributed by atoms with Gasteiger partial charge in [0.2, 0.25) is 0 Å². The second-order valence-corrected chi connectivity index (χ2v) is 8.43. The van der Waals surface area contributed by atoms with Crippen molar-refractivity contribution in [3.05, 3.63) is 0 Å². The van der Waals surface area contributed by atoms with Crippen LogP contribution in [0.1, 0.15) is 80.1 Å². The molecule has 0 aliphatic heterocycles. The van der Waals surface area contributed by atoms with Crippen LogP contribution in [-0.2, 0) is 9.05 Å². The molecule has 0 saturated heterocycles. The lowest BCUT2D eigenvalue weighted by Gasteiger charge is -2.35. The highest BCUT2D eigenvalue weighted by molar-refractivity contribution is 7.44. The van der Waals surface area contributed by atoms with Gasteiger partial charge in [-0.1, -0.05) is 39.5 Å². The average Bonchev–Trinajstić information content (AvgIpc) is 2.44. The van der Waals surface area contributed by atoms with Crippen molar-refractivity contribution in [3.63, 3.8) is 0 Å². The molecule has 0 aromatic carbocycles. The molecule has 0 spiro atoms. The standard InChI is InChI=1S/C18H37N2O2P/c1-16(2)12-9-7-8-10-14-21-23(22-15-11-13-19)20(17(3)4)18(5)6/h16-18H,7-12,14-15H2,1-6H3. The van der Waals surface area contributed by atoms with E-state index in [0.717, 1.165) is 18.9 Å². The van der Waals surface area contributed by atoms with Crippen molar-refractivity contribution in [2.24, 2.45) is 5.92 Å². The lowest BCUT2D eigenvalue weighted by atomic mass is 10.0. The topological polar surface area (TPSA) is 45.5 Å². The van der Waals surface area contributed by atoms with E-state index in [-0.39, 0.29) is 0 Å². The van der Waals surface area contributed by atoms with Crippen molar-refractivity contribution in [3.8, 4) is 6.07 Å². The van der Waals surface area contributed by atoms with E-state index in [4.69, 9.17) is 14.3 Å². The first-order chi connectivity index (χ1) is 10.9. The Labute approximate surface area is 145 Å². The first kappa shape index (κ1) is 22.8. The Kier molecular flexibility index (Phi) is 14.0. The number of nitrogens with zero attached hydrogens (tertiary/aromatic N) is 2. The molecule has 1 atom stereocenters. The molecular weight excluding hydrogens is 307 g/mol. The van der Waals surface area contributed by atoms with Crippen molar-refractivity contribution in [1.29, 1.82) is 5.26 Å². The van der Waals surface area contributed by atoms with Gasteiger partial charge < -0.3 is 9.05 Å². The first-order valence-corrected chi connectivity index (χ1v) is 10.2. The molecule has 0 aromatic heterocycles. The molecule has 0 N–H and O–H groups in total. The second-order valence-electron chi connectivity index (χ2n) is 6.98. The normalized spacial score (nSPS) is 13.3. The van der Waals surface area contributed by atoms with Gasteiger partial charge in [0.05, 0.1) is 25.7 Å². The fourth-order valence-corrected chi connectivity index (χ4v) is 4.09. The number of unbranched alkanes of at least 4 members (excludes halogenated alkanes) is 3. The van der Waals surface area contributed by atoms with Crippen LogP contribution in [0.25, 0.3) is 0 Å². The zero-order chi connectivity index (χ0) is 17.7. The van der Waals surface area contributed by atoms with Crippen molar-refractivity contribution >= 4 is 8.53 Å². The quantitative estimate of drug-likeness (QED) is 0.291. The lowest BCUT2D eigenvalue weighted by molar-refractivity contribution is 0.174. The van der Waals surface area contributed by atoms with Crippen molar-refractivity contribution in [1.82, 2.24) is 4.67 Å². The fourth-order valence-electron chi connectivity index (χ4n) is 2.46. The SMILES string of the molecule is CC(C)CCCCCCOP(OCCC#N)N(C(C)C)C(C)C. The summed E-state index contributed by atoms with van der Waals surface area (Å²) in [5.74, 6) is 0.804. The van der Waals surface area contributed by atoms with Gasteiger partial charge in [-0.15, -0.1) is 0 Å². The summed E-state index contributed by atoms with van der Waals surface area (Å²) in [5, 5.41) is 8.69. The molecule has 1 unspecified atom stereocenters. The average molecular weight is 344 g/mol. The van der Waals surface area contributed by atoms with E-state index >= 15 is 0 Å². The predicted molar refractivity (Wildman–Crippen MR) is 99.1 cm³/mol. The summed E-state index contributed by atoms with van der Waals surface area (Å²) in [6, 6.07) is 2.87. The third-order valence-electron chi connectivity index (χ3n) is 3.54. The highest BCUT2D eigenvalue weighted by atomic mass is 31.2. The van der Waals surface area contributed by atoms with Crippen LogP contribution >= 0.6 is 8.53 Å². The van der Waals surface area contributed by atoms with Gasteiger partial charge in [0.25, 0.3) is 8.53 Å². The minimum atomic E-state index is -1.07. The molecule has 0 heterocycles. The predicted octanol–water partition coefficient (Wildman–Crippen LogP) is 5.89. The Hall–Kier alpha value is -0.200. The first-order valence-electron chi connectivity index (χ1n) is 9.11. The summed E-state index contributed by atoms with van der Waals surface area (Å²) >= 11 is 0. The maximum atomic E-state index is 8.69. The summed E-state index contributed by atoms with van der Waals surface area (Å²) < 4.78 is 14.2. The van der Waals surface area contributed by atoms with Crippen molar-refractivity contribution in [2.45, 2.75) is 92.2 Å². The van der Waals surface area contributed by atoms with Crippen molar-refractivity contribution < 1.29 is 9.05 Å². The largest absolute Gasteiger partial charge is 0.322 e. The summed E-state index contributed by atoms with van der Waals surface area (Å²) in [6.07, 6.45) is 6.64. The molecule has 4 nitrogen and oxygen atoms in total. The third-order valence-corrected chi connectivity index (χ3v) is 5.65. The number of hydrogen-bond acceptors (Lipinski definition) is 4.